The first-order valence-electron chi connectivity index (χ1n) is 7.15. The summed E-state index contributed by atoms with van der Waals surface area (Å²) in [6, 6.07) is 12.6. The summed E-state index contributed by atoms with van der Waals surface area (Å²) in [5, 5.41) is 5.36. The summed E-state index contributed by atoms with van der Waals surface area (Å²) >= 11 is 5.76. The summed E-state index contributed by atoms with van der Waals surface area (Å²) in [5.74, 6) is -2.34. The van der Waals surface area contributed by atoms with Crippen LogP contribution in [0.25, 0.3) is 0 Å². The van der Waals surface area contributed by atoms with Gasteiger partial charge in [0.2, 0.25) is 0 Å². The van der Waals surface area contributed by atoms with Crippen molar-refractivity contribution in [3.63, 3.8) is 0 Å². The molecule has 0 saturated heterocycles. The number of anilines is 2. The Balaban J connectivity index is 2.07. The Kier molecular flexibility index (Phi) is 5.92. The first-order valence-corrected chi connectivity index (χ1v) is 7.53. The molecule has 0 saturated carbocycles. The van der Waals surface area contributed by atoms with Gasteiger partial charge in [-0.05, 0) is 43.3 Å². The van der Waals surface area contributed by atoms with Gasteiger partial charge in [-0.25, -0.2) is 4.79 Å². The van der Waals surface area contributed by atoms with Crippen LogP contribution in [-0.4, -0.2) is 24.4 Å². The van der Waals surface area contributed by atoms with E-state index in [4.69, 9.17) is 16.3 Å². The van der Waals surface area contributed by atoms with Crippen molar-refractivity contribution >= 4 is 40.8 Å². The van der Waals surface area contributed by atoms with Crippen molar-refractivity contribution in [2.75, 3.05) is 17.2 Å². The number of amides is 2. The smallest absolute Gasteiger partial charge is 0.340 e. The van der Waals surface area contributed by atoms with Gasteiger partial charge in [0.1, 0.15) is 0 Å². The molecule has 2 aromatic carbocycles. The molecule has 6 nitrogen and oxygen atoms in total. The highest BCUT2D eigenvalue weighted by molar-refractivity contribution is 6.44. The second kappa shape index (κ2) is 8.12. The number of halogens is 1. The number of ether oxygens (including phenoxy) is 1. The Bertz CT molecular complexity index is 759. The standard InChI is InChI=1S/C17H15ClN2O4/c1-2-24-17(23)13-5-3-4-6-14(13)20-16(22)15(21)19-12-9-7-11(18)8-10-12/h3-10H,2H2,1H3,(H,19,21)(H,20,22). The maximum absolute atomic E-state index is 12.0. The van der Waals surface area contributed by atoms with Crippen molar-refractivity contribution in [2.45, 2.75) is 6.92 Å². The summed E-state index contributed by atoms with van der Waals surface area (Å²) in [7, 11) is 0. The lowest BCUT2D eigenvalue weighted by Crippen LogP contribution is -2.29. The molecule has 0 aliphatic rings. The fourth-order valence-electron chi connectivity index (χ4n) is 1.88. The lowest BCUT2D eigenvalue weighted by molar-refractivity contribution is -0.133. The highest BCUT2D eigenvalue weighted by Crippen LogP contribution is 2.17. The van der Waals surface area contributed by atoms with Crippen molar-refractivity contribution in [2.24, 2.45) is 0 Å². The Hall–Kier alpha value is -2.86. The van der Waals surface area contributed by atoms with Gasteiger partial charge in [-0.1, -0.05) is 23.7 Å². The summed E-state index contributed by atoms with van der Waals surface area (Å²) in [6.07, 6.45) is 0. The minimum atomic E-state index is -0.901. The SMILES string of the molecule is CCOC(=O)c1ccccc1NC(=O)C(=O)Nc1ccc(Cl)cc1. The Morgan fingerprint density at radius 3 is 2.25 bits per heavy atom. The van der Waals surface area contributed by atoms with Crippen LogP contribution < -0.4 is 10.6 Å². The number of hydrogen-bond donors (Lipinski definition) is 2. The fourth-order valence-corrected chi connectivity index (χ4v) is 2.01. The molecule has 2 rings (SSSR count). The number of rotatable bonds is 4. The molecule has 0 spiro atoms. The largest absolute Gasteiger partial charge is 0.462 e. The molecule has 0 radical (unpaired) electrons. The number of nitrogens with one attached hydrogen (secondary N) is 2. The third-order valence-electron chi connectivity index (χ3n) is 2.98. The molecule has 0 unspecified atom stereocenters. The van der Waals surface area contributed by atoms with Gasteiger partial charge >= 0.3 is 17.8 Å². The van der Waals surface area contributed by atoms with E-state index in [0.29, 0.717) is 10.7 Å². The third-order valence-corrected chi connectivity index (χ3v) is 3.23. The van der Waals surface area contributed by atoms with Gasteiger partial charge in [0.25, 0.3) is 0 Å². The van der Waals surface area contributed by atoms with E-state index < -0.39 is 17.8 Å². The second-order valence-electron chi connectivity index (χ2n) is 4.68. The van der Waals surface area contributed by atoms with E-state index in [1.807, 2.05) is 0 Å². The maximum atomic E-state index is 12.0. The van der Waals surface area contributed by atoms with E-state index in [1.165, 1.54) is 12.1 Å². The normalized spacial score (nSPS) is 9.92. The number of carbonyl (C=O) groups excluding carboxylic acids is 3. The van der Waals surface area contributed by atoms with Crippen LogP contribution in [0.5, 0.6) is 0 Å². The lowest BCUT2D eigenvalue weighted by atomic mass is 10.2. The average Bonchev–Trinajstić information content (AvgIpc) is 2.57. The molecular formula is C17H15ClN2O4. The van der Waals surface area contributed by atoms with Crippen LogP contribution in [0.2, 0.25) is 5.02 Å². The zero-order valence-electron chi connectivity index (χ0n) is 12.8. The molecule has 0 aromatic heterocycles. The number of hydrogen-bond acceptors (Lipinski definition) is 4. The van der Waals surface area contributed by atoms with Gasteiger partial charge in [-0.3, -0.25) is 9.59 Å². The molecule has 0 heterocycles. The molecule has 0 bridgehead atoms. The zero-order valence-corrected chi connectivity index (χ0v) is 13.6. The van der Waals surface area contributed by atoms with Gasteiger partial charge in [0.15, 0.2) is 0 Å². The van der Waals surface area contributed by atoms with Gasteiger partial charge in [0.05, 0.1) is 17.9 Å². The summed E-state index contributed by atoms with van der Waals surface area (Å²) in [5.41, 5.74) is 0.803. The molecule has 0 fully saturated rings. The van der Waals surface area contributed by atoms with Crippen molar-refractivity contribution < 1.29 is 19.1 Å². The van der Waals surface area contributed by atoms with Crippen LogP contribution in [0.4, 0.5) is 11.4 Å². The lowest BCUT2D eigenvalue weighted by Gasteiger charge is -2.10. The topological polar surface area (TPSA) is 84.5 Å². The Morgan fingerprint density at radius 1 is 0.958 bits per heavy atom. The first-order chi connectivity index (χ1) is 11.5. The van der Waals surface area contributed by atoms with E-state index in [-0.39, 0.29) is 17.9 Å². The predicted molar refractivity (Wildman–Crippen MR) is 91.1 cm³/mol. The molecular weight excluding hydrogens is 332 g/mol. The highest BCUT2D eigenvalue weighted by atomic mass is 35.5. The van der Waals surface area contributed by atoms with Crippen molar-refractivity contribution in [1.29, 1.82) is 0 Å². The summed E-state index contributed by atoms with van der Waals surface area (Å²) < 4.78 is 4.91. The molecule has 124 valence electrons. The summed E-state index contributed by atoms with van der Waals surface area (Å²) in [6.45, 7) is 1.89. The van der Waals surface area contributed by atoms with Crippen LogP contribution in [0.3, 0.4) is 0 Å². The van der Waals surface area contributed by atoms with Crippen LogP contribution in [0, 0.1) is 0 Å². The van der Waals surface area contributed by atoms with E-state index >= 15 is 0 Å². The van der Waals surface area contributed by atoms with Gasteiger partial charge < -0.3 is 15.4 Å². The predicted octanol–water partition coefficient (Wildman–Crippen LogP) is 3.09. The van der Waals surface area contributed by atoms with Gasteiger partial charge in [-0.2, -0.15) is 0 Å². The number of benzene rings is 2. The Labute approximate surface area is 143 Å². The van der Waals surface area contributed by atoms with E-state index in [1.54, 1.807) is 43.3 Å². The molecule has 2 amide bonds. The van der Waals surface area contributed by atoms with E-state index in [9.17, 15) is 14.4 Å². The van der Waals surface area contributed by atoms with E-state index in [2.05, 4.69) is 10.6 Å². The highest BCUT2D eigenvalue weighted by Gasteiger charge is 2.18. The quantitative estimate of drug-likeness (QED) is 0.658. The summed E-state index contributed by atoms with van der Waals surface area (Å²) in [4.78, 5) is 35.8. The van der Waals surface area contributed by atoms with Crippen molar-refractivity contribution in [1.82, 2.24) is 0 Å². The molecule has 0 aliphatic carbocycles. The van der Waals surface area contributed by atoms with Crippen LogP contribution in [0.15, 0.2) is 48.5 Å². The fraction of sp³-hybridized carbons (Fsp3) is 0.118. The number of carbonyl (C=O) groups is 3. The second-order valence-corrected chi connectivity index (χ2v) is 5.12. The first kappa shape index (κ1) is 17.5. The maximum Gasteiger partial charge on any atom is 0.340 e. The molecule has 7 heteroatoms. The molecule has 2 N–H and O–H groups in total. The number of esters is 1. The van der Waals surface area contributed by atoms with Crippen LogP contribution in [-0.2, 0) is 14.3 Å². The minimum absolute atomic E-state index is 0.173. The third kappa shape index (κ3) is 4.57. The molecule has 2 aromatic rings. The van der Waals surface area contributed by atoms with Gasteiger partial charge in [-0.15, -0.1) is 0 Å². The molecule has 24 heavy (non-hydrogen) atoms. The average molecular weight is 347 g/mol. The zero-order chi connectivity index (χ0) is 17.5. The van der Waals surface area contributed by atoms with Crippen LogP contribution in [0.1, 0.15) is 17.3 Å². The molecule has 0 aliphatic heterocycles. The van der Waals surface area contributed by atoms with Crippen molar-refractivity contribution in [3.05, 3.63) is 59.1 Å². The number of para-hydroxylation sites is 1. The van der Waals surface area contributed by atoms with Gasteiger partial charge in [0, 0.05) is 10.7 Å². The van der Waals surface area contributed by atoms with E-state index in [0.717, 1.165) is 0 Å². The molecule has 0 atom stereocenters. The van der Waals surface area contributed by atoms with Crippen molar-refractivity contribution in [3.8, 4) is 0 Å². The van der Waals surface area contributed by atoms with Crippen LogP contribution >= 0.6 is 11.6 Å². The Morgan fingerprint density at radius 2 is 1.58 bits per heavy atom. The minimum Gasteiger partial charge on any atom is -0.462 e. The monoisotopic (exact) mass is 346 g/mol.